The van der Waals surface area contributed by atoms with Gasteiger partial charge < -0.3 is 9.84 Å². The molecule has 0 spiro atoms. The third-order valence-electron chi connectivity index (χ3n) is 7.32. The summed E-state index contributed by atoms with van der Waals surface area (Å²) in [6.45, 7) is 3.43. The van der Waals surface area contributed by atoms with Gasteiger partial charge in [0.05, 0.1) is 17.2 Å². The molecule has 1 N–H and O–H groups in total. The Morgan fingerprint density at radius 1 is 0.977 bits per heavy atom. The summed E-state index contributed by atoms with van der Waals surface area (Å²) in [7, 11) is 0. The van der Waals surface area contributed by atoms with E-state index >= 15 is 0 Å². The number of aliphatic carboxylic acids is 1. The van der Waals surface area contributed by atoms with Crippen LogP contribution in [0, 0.1) is 0 Å². The van der Waals surface area contributed by atoms with Crippen LogP contribution < -0.4 is 4.74 Å². The molecule has 0 saturated carbocycles. The van der Waals surface area contributed by atoms with Gasteiger partial charge in [0.1, 0.15) is 15.8 Å². The number of thioether (sulfide) groups is 1. The van der Waals surface area contributed by atoms with Gasteiger partial charge >= 0.3 is 5.97 Å². The molecule has 2 aromatic carbocycles. The van der Waals surface area contributed by atoms with Gasteiger partial charge in [0.15, 0.2) is 0 Å². The summed E-state index contributed by atoms with van der Waals surface area (Å²) in [5.74, 6) is 0.0328. The van der Waals surface area contributed by atoms with Crippen molar-refractivity contribution < 1.29 is 19.4 Å². The average Bonchev–Trinajstić information content (AvgIpc) is 3.55. The van der Waals surface area contributed by atoms with E-state index in [-0.39, 0.29) is 12.3 Å². The molecule has 9 heteroatoms. The third-order valence-corrected chi connectivity index (χ3v) is 8.70. The van der Waals surface area contributed by atoms with Crippen LogP contribution in [0.1, 0.15) is 83.1 Å². The van der Waals surface area contributed by atoms with E-state index < -0.39 is 5.97 Å². The Morgan fingerprint density at radius 2 is 1.70 bits per heavy atom. The minimum absolute atomic E-state index is 0.0523. The lowest BCUT2D eigenvalue weighted by Gasteiger charge is -2.14. The molecule has 1 saturated heterocycles. The molecule has 43 heavy (non-hydrogen) atoms. The number of carboxylic acids is 1. The monoisotopic (exact) mass is 619 g/mol. The number of nitrogens with zero attached hydrogens (tertiary/aromatic N) is 3. The Labute approximate surface area is 264 Å². The van der Waals surface area contributed by atoms with Crippen molar-refractivity contribution in [1.29, 1.82) is 0 Å². The van der Waals surface area contributed by atoms with Gasteiger partial charge in [-0.25, -0.2) is 4.68 Å². The lowest BCUT2D eigenvalue weighted by atomic mass is 10.1. The van der Waals surface area contributed by atoms with Crippen molar-refractivity contribution in [3.63, 3.8) is 0 Å². The van der Waals surface area contributed by atoms with E-state index in [1.165, 1.54) is 11.8 Å². The molecule has 3 aromatic rings. The van der Waals surface area contributed by atoms with Crippen molar-refractivity contribution in [2.75, 3.05) is 13.2 Å². The van der Waals surface area contributed by atoms with E-state index in [0.29, 0.717) is 22.4 Å². The van der Waals surface area contributed by atoms with Crippen LogP contribution in [0.5, 0.6) is 5.75 Å². The summed E-state index contributed by atoms with van der Waals surface area (Å²) in [5.41, 5.74) is 3.48. The van der Waals surface area contributed by atoms with Crippen LogP contribution in [0.3, 0.4) is 0 Å². The molecule has 1 fully saturated rings. The number of ether oxygens (including phenoxy) is 1. The third kappa shape index (κ3) is 9.79. The maximum Gasteiger partial charge on any atom is 0.303 e. The first-order valence-corrected chi connectivity index (χ1v) is 16.5. The summed E-state index contributed by atoms with van der Waals surface area (Å²) >= 11 is 6.96. The topological polar surface area (TPSA) is 84.7 Å². The zero-order valence-corrected chi connectivity index (χ0v) is 26.5. The molecule has 1 amide bonds. The fourth-order valence-electron chi connectivity index (χ4n) is 4.94. The fourth-order valence-corrected chi connectivity index (χ4v) is 6.24. The molecular formula is C34H41N3O4S2. The van der Waals surface area contributed by atoms with Crippen LogP contribution in [0.2, 0.25) is 0 Å². The minimum Gasteiger partial charge on any atom is -0.494 e. The van der Waals surface area contributed by atoms with Crippen molar-refractivity contribution in [3.8, 4) is 22.7 Å². The number of thiocarbonyl (C=S) groups is 1. The molecule has 0 aliphatic carbocycles. The quantitative estimate of drug-likeness (QED) is 0.0868. The van der Waals surface area contributed by atoms with Gasteiger partial charge in [0.25, 0.3) is 5.91 Å². The Morgan fingerprint density at radius 3 is 2.42 bits per heavy atom. The highest BCUT2D eigenvalue weighted by Crippen LogP contribution is 2.35. The zero-order valence-electron chi connectivity index (χ0n) is 24.9. The minimum atomic E-state index is -0.716. The maximum atomic E-state index is 13.4. The molecule has 4 rings (SSSR count). The van der Waals surface area contributed by atoms with E-state index in [0.717, 1.165) is 92.5 Å². The summed E-state index contributed by atoms with van der Waals surface area (Å²) in [6, 6.07) is 17.9. The second-order valence-electron chi connectivity index (χ2n) is 10.7. The van der Waals surface area contributed by atoms with E-state index in [1.807, 2.05) is 71.6 Å². The molecule has 0 bridgehead atoms. The number of carbonyl (C=O) groups excluding carboxylic acids is 1. The van der Waals surface area contributed by atoms with Crippen LogP contribution in [0.15, 0.2) is 65.7 Å². The van der Waals surface area contributed by atoms with Crippen LogP contribution in [-0.4, -0.2) is 49.1 Å². The van der Waals surface area contributed by atoms with Crippen LogP contribution in [0.4, 0.5) is 0 Å². The van der Waals surface area contributed by atoms with Gasteiger partial charge in [0, 0.05) is 30.3 Å². The highest BCUT2D eigenvalue weighted by molar-refractivity contribution is 8.26. The summed E-state index contributed by atoms with van der Waals surface area (Å²) in [6.07, 6.45) is 14.3. The first-order valence-electron chi connectivity index (χ1n) is 15.3. The Balaban J connectivity index is 1.41. The van der Waals surface area contributed by atoms with E-state index in [4.69, 9.17) is 27.2 Å². The van der Waals surface area contributed by atoms with Gasteiger partial charge in [-0.05, 0) is 49.6 Å². The molecule has 0 unspecified atom stereocenters. The SMILES string of the molecule is CCCCOc1cccc(-c2nn(-c3ccccc3)cc2/C=C2\SC(=S)N(CCCCCCCCCCC(=O)O)C2=O)c1. The molecule has 0 radical (unpaired) electrons. The second kappa shape index (κ2) is 17.0. The standard InChI is InChI=1S/C34H41N3O4S2/c1-2-3-22-41-29-19-15-16-26(23-29)32-27(25-37(35-32)28-17-11-10-12-18-28)24-30-33(40)36(34(42)43-30)21-14-9-7-5-4-6-8-13-20-31(38)39/h10-12,15-19,23-25H,2-9,13-14,20-22H2,1H3,(H,38,39)/b30-24-. The maximum absolute atomic E-state index is 13.4. The number of para-hydroxylation sites is 1. The number of benzene rings is 2. The highest BCUT2D eigenvalue weighted by Gasteiger charge is 2.32. The number of aromatic nitrogens is 2. The molecular weight excluding hydrogens is 579 g/mol. The lowest BCUT2D eigenvalue weighted by Crippen LogP contribution is -2.29. The normalized spacial score (nSPS) is 14.2. The number of amides is 1. The predicted molar refractivity (Wildman–Crippen MR) is 178 cm³/mol. The summed E-state index contributed by atoms with van der Waals surface area (Å²) in [5, 5.41) is 13.6. The van der Waals surface area contributed by atoms with E-state index in [9.17, 15) is 9.59 Å². The van der Waals surface area contributed by atoms with Gasteiger partial charge in [-0.2, -0.15) is 5.10 Å². The number of rotatable bonds is 18. The summed E-state index contributed by atoms with van der Waals surface area (Å²) < 4.78 is 8.40. The first-order chi connectivity index (χ1) is 21.0. The van der Waals surface area contributed by atoms with E-state index in [2.05, 4.69) is 6.92 Å². The smallest absolute Gasteiger partial charge is 0.303 e. The fraction of sp³-hybridized carbons (Fsp3) is 0.412. The average molecular weight is 620 g/mol. The molecule has 2 heterocycles. The number of carbonyl (C=O) groups is 2. The highest BCUT2D eigenvalue weighted by atomic mass is 32.2. The molecule has 1 aromatic heterocycles. The molecule has 1 aliphatic heterocycles. The number of hydrogen-bond acceptors (Lipinski definition) is 6. The first kappa shape index (κ1) is 32.5. The van der Waals surface area contributed by atoms with E-state index in [1.54, 1.807) is 4.90 Å². The van der Waals surface area contributed by atoms with Gasteiger partial charge in [-0.3, -0.25) is 14.5 Å². The largest absolute Gasteiger partial charge is 0.494 e. The molecule has 1 aliphatic rings. The number of carboxylic acid groups (broad SMARTS) is 1. The van der Waals surface area contributed by atoms with Crippen molar-refractivity contribution in [3.05, 3.63) is 71.3 Å². The van der Waals surface area contributed by atoms with Gasteiger partial charge in [-0.1, -0.05) is 106 Å². The van der Waals surface area contributed by atoms with Gasteiger partial charge in [0.2, 0.25) is 0 Å². The van der Waals surface area contributed by atoms with Crippen molar-refractivity contribution in [2.24, 2.45) is 0 Å². The van der Waals surface area contributed by atoms with Crippen LogP contribution in [0.25, 0.3) is 23.0 Å². The Kier molecular flexibility index (Phi) is 12.9. The summed E-state index contributed by atoms with van der Waals surface area (Å²) in [4.78, 5) is 26.4. The zero-order chi connectivity index (χ0) is 30.4. The van der Waals surface area contributed by atoms with Crippen LogP contribution >= 0.6 is 24.0 Å². The second-order valence-corrected chi connectivity index (χ2v) is 12.4. The number of hydrogen-bond donors (Lipinski definition) is 1. The Bertz CT molecular complexity index is 1400. The molecule has 7 nitrogen and oxygen atoms in total. The molecule has 0 atom stereocenters. The predicted octanol–water partition coefficient (Wildman–Crippen LogP) is 8.51. The Hall–Kier alpha value is -3.43. The van der Waals surface area contributed by atoms with Crippen molar-refractivity contribution >= 4 is 46.3 Å². The van der Waals surface area contributed by atoms with Crippen molar-refractivity contribution in [2.45, 2.75) is 77.6 Å². The number of unbranched alkanes of at least 4 members (excludes halogenated alkanes) is 8. The van der Waals surface area contributed by atoms with Gasteiger partial charge in [-0.15, -0.1) is 0 Å². The lowest BCUT2D eigenvalue weighted by molar-refractivity contribution is -0.137. The molecule has 228 valence electrons. The van der Waals surface area contributed by atoms with Crippen molar-refractivity contribution in [1.82, 2.24) is 14.7 Å². The van der Waals surface area contributed by atoms with Crippen LogP contribution in [-0.2, 0) is 9.59 Å².